The fourth-order valence-corrected chi connectivity index (χ4v) is 3.37. The van der Waals surface area contributed by atoms with Crippen molar-refractivity contribution in [3.8, 4) is 11.1 Å². The lowest BCUT2D eigenvalue weighted by molar-refractivity contribution is 0.567. The van der Waals surface area contributed by atoms with E-state index in [9.17, 15) is 4.39 Å². The van der Waals surface area contributed by atoms with Crippen molar-refractivity contribution in [2.24, 2.45) is 0 Å². The molecule has 1 aliphatic heterocycles. The van der Waals surface area contributed by atoms with E-state index in [0.29, 0.717) is 11.6 Å². The third-order valence-corrected chi connectivity index (χ3v) is 5.19. The van der Waals surface area contributed by atoms with E-state index in [1.807, 2.05) is 30.5 Å². The summed E-state index contributed by atoms with van der Waals surface area (Å²) >= 11 is 0. The molecule has 2 unspecified atom stereocenters. The number of pyridine rings is 1. The lowest BCUT2D eigenvalue weighted by Crippen LogP contribution is -2.20. The average molecular weight is 368 g/mol. The molecule has 0 spiro atoms. The molecular weight excluding hydrogens is 337 g/mol. The second-order valence-electron chi connectivity index (χ2n) is 8.43. The van der Waals surface area contributed by atoms with Crippen LogP contribution in [0.15, 0.2) is 48.4 Å². The minimum absolute atomic E-state index is 0.0554. The van der Waals surface area contributed by atoms with E-state index in [4.69, 9.17) is 0 Å². The van der Waals surface area contributed by atoms with Gasteiger partial charge in [0, 0.05) is 53.3 Å². The van der Waals surface area contributed by atoms with E-state index in [2.05, 4.69) is 50.2 Å². The highest BCUT2D eigenvalue weighted by Crippen LogP contribution is 2.29. The third kappa shape index (κ3) is 4.49. The first kappa shape index (κ1) is 19.4. The molecule has 1 aliphatic rings. The first-order chi connectivity index (χ1) is 12.8. The fraction of sp³-hybridized carbons (Fsp3) is 0.435. The van der Waals surface area contributed by atoms with Crippen LogP contribution >= 0.6 is 0 Å². The van der Waals surface area contributed by atoms with E-state index in [0.717, 1.165) is 29.7 Å². The Bertz CT molecular complexity index is 836. The Kier molecular flexibility index (Phi) is 5.54. The highest BCUT2D eigenvalue weighted by atomic mass is 19.1. The molecule has 3 rings (SSSR count). The molecule has 0 saturated heterocycles. The minimum Gasteiger partial charge on any atom is -0.386 e. The normalized spacial score (nSPS) is 18.0. The average Bonchev–Trinajstić information content (AvgIpc) is 3.08. The number of hydrogen-bond acceptors (Lipinski definition) is 3. The first-order valence-corrected chi connectivity index (χ1v) is 9.76. The molecule has 3 nitrogen and oxygen atoms in total. The molecule has 2 N–H and O–H groups in total. The molecule has 0 aliphatic carbocycles. The van der Waals surface area contributed by atoms with Gasteiger partial charge in [-0.1, -0.05) is 39.8 Å². The van der Waals surface area contributed by atoms with E-state index >= 15 is 0 Å². The van der Waals surface area contributed by atoms with Crippen molar-refractivity contribution in [2.45, 2.75) is 65.0 Å². The van der Waals surface area contributed by atoms with E-state index < -0.39 is 0 Å². The van der Waals surface area contributed by atoms with Crippen LogP contribution in [0.25, 0.3) is 11.1 Å². The molecular formula is C23H30FN3. The monoisotopic (exact) mass is 367 g/mol. The summed E-state index contributed by atoms with van der Waals surface area (Å²) < 4.78 is 14.9. The second kappa shape index (κ2) is 7.71. The van der Waals surface area contributed by atoms with Crippen molar-refractivity contribution >= 4 is 0 Å². The minimum atomic E-state index is -0.197. The molecule has 27 heavy (non-hydrogen) atoms. The summed E-state index contributed by atoms with van der Waals surface area (Å²) in [7, 11) is 0. The number of rotatable bonds is 5. The summed E-state index contributed by atoms with van der Waals surface area (Å²) in [6.45, 7) is 10.6. The quantitative estimate of drug-likeness (QED) is 0.738. The van der Waals surface area contributed by atoms with E-state index in [1.165, 1.54) is 5.70 Å². The van der Waals surface area contributed by atoms with Gasteiger partial charge in [0.05, 0.1) is 0 Å². The standard InChI is InChI=1S/C23H30FN3/c1-6-18-13-19(14-26-18)27-15(2)16-7-8-20(21(24)11-16)17-9-10-25-22(12-17)23(3,4)5/h7-12,14-15,18,26-27H,6,13H2,1-5H3. The Morgan fingerprint density at radius 2 is 2.04 bits per heavy atom. The molecule has 4 heteroatoms. The summed E-state index contributed by atoms with van der Waals surface area (Å²) in [6, 6.07) is 9.94. The van der Waals surface area contributed by atoms with Crippen molar-refractivity contribution in [3.63, 3.8) is 0 Å². The maximum absolute atomic E-state index is 14.9. The highest BCUT2D eigenvalue weighted by molar-refractivity contribution is 5.65. The summed E-state index contributed by atoms with van der Waals surface area (Å²) in [5.74, 6) is -0.197. The number of hydrogen-bond donors (Lipinski definition) is 2. The van der Waals surface area contributed by atoms with Crippen LogP contribution in [0.1, 0.15) is 64.8 Å². The zero-order valence-electron chi connectivity index (χ0n) is 16.9. The predicted octanol–water partition coefficient (Wildman–Crippen LogP) is 5.45. The summed E-state index contributed by atoms with van der Waals surface area (Å²) in [5, 5.41) is 6.86. The fourth-order valence-electron chi connectivity index (χ4n) is 3.37. The van der Waals surface area contributed by atoms with Crippen molar-refractivity contribution < 1.29 is 4.39 Å². The molecule has 0 bridgehead atoms. The van der Waals surface area contributed by atoms with Gasteiger partial charge in [0.2, 0.25) is 0 Å². The Morgan fingerprint density at radius 3 is 2.67 bits per heavy atom. The highest BCUT2D eigenvalue weighted by Gasteiger charge is 2.19. The first-order valence-electron chi connectivity index (χ1n) is 9.76. The van der Waals surface area contributed by atoms with Gasteiger partial charge in [-0.25, -0.2) is 4.39 Å². The SMILES string of the molecule is CCC1CC(NC(C)c2ccc(-c3ccnc(C(C)(C)C)c3)c(F)c2)=CN1. The van der Waals surface area contributed by atoms with Gasteiger partial charge in [-0.05, 0) is 42.7 Å². The van der Waals surface area contributed by atoms with Crippen LogP contribution in [-0.4, -0.2) is 11.0 Å². The van der Waals surface area contributed by atoms with Crippen LogP contribution in [0, 0.1) is 5.82 Å². The van der Waals surface area contributed by atoms with Gasteiger partial charge >= 0.3 is 0 Å². The van der Waals surface area contributed by atoms with Crippen LogP contribution in [0.3, 0.4) is 0 Å². The van der Waals surface area contributed by atoms with Crippen molar-refractivity contribution in [1.29, 1.82) is 0 Å². The van der Waals surface area contributed by atoms with Crippen molar-refractivity contribution in [3.05, 3.63) is 65.5 Å². The number of aromatic nitrogens is 1. The Hall–Kier alpha value is -2.36. The van der Waals surface area contributed by atoms with Gasteiger partial charge in [0.25, 0.3) is 0 Å². The summed E-state index contributed by atoms with van der Waals surface area (Å²) in [4.78, 5) is 4.44. The molecule has 0 fully saturated rings. The predicted molar refractivity (Wildman–Crippen MR) is 110 cm³/mol. The van der Waals surface area contributed by atoms with Gasteiger partial charge in [-0.2, -0.15) is 0 Å². The van der Waals surface area contributed by atoms with Gasteiger partial charge in [0.15, 0.2) is 0 Å². The molecule has 0 radical (unpaired) electrons. The van der Waals surface area contributed by atoms with Crippen LogP contribution in [0.4, 0.5) is 4.39 Å². The molecule has 2 heterocycles. The maximum atomic E-state index is 14.9. The van der Waals surface area contributed by atoms with Gasteiger partial charge < -0.3 is 10.6 Å². The van der Waals surface area contributed by atoms with Gasteiger partial charge in [0.1, 0.15) is 5.82 Å². The molecule has 1 aromatic heterocycles. The maximum Gasteiger partial charge on any atom is 0.131 e. The lowest BCUT2D eigenvalue weighted by atomic mass is 9.89. The largest absolute Gasteiger partial charge is 0.386 e. The lowest BCUT2D eigenvalue weighted by Gasteiger charge is -2.19. The smallest absolute Gasteiger partial charge is 0.131 e. The van der Waals surface area contributed by atoms with Gasteiger partial charge in [-0.15, -0.1) is 0 Å². The molecule has 2 atom stereocenters. The molecule has 0 amide bonds. The Labute approximate surface area is 162 Å². The molecule has 0 saturated carbocycles. The summed E-state index contributed by atoms with van der Waals surface area (Å²) in [6.07, 6.45) is 5.90. The number of nitrogens with zero attached hydrogens (tertiary/aromatic N) is 1. The van der Waals surface area contributed by atoms with E-state index in [1.54, 1.807) is 12.3 Å². The number of benzene rings is 1. The van der Waals surface area contributed by atoms with Crippen LogP contribution < -0.4 is 10.6 Å². The second-order valence-corrected chi connectivity index (χ2v) is 8.43. The Morgan fingerprint density at radius 1 is 1.26 bits per heavy atom. The van der Waals surface area contributed by atoms with Crippen LogP contribution in [-0.2, 0) is 5.41 Å². The summed E-state index contributed by atoms with van der Waals surface area (Å²) in [5.41, 5.74) is 4.51. The third-order valence-electron chi connectivity index (χ3n) is 5.19. The van der Waals surface area contributed by atoms with Crippen molar-refractivity contribution in [1.82, 2.24) is 15.6 Å². The zero-order chi connectivity index (χ0) is 19.6. The van der Waals surface area contributed by atoms with Gasteiger partial charge in [-0.3, -0.25) is 4.98 Å². The molecule has 144 valence electrons. The van der Waals surface area contributed by atoms with Crippen LogP contribution in [0.2, 0.25) is 0 Å². The topological polar surface area (TPSA) is 37.0 Å². The van der Waals surface area contributed by atoms with Crippen molar-refractivity contribution in [2.75, 3.05) is 0 Å². The zero-order valence-corrected chi connectivity index (χ0v) is 16.9. The number of halogens is 1. The number of nitrogens with one attached hydrogen (secondary N) is 2. The molecule has 1 aromatic carbocycles. The molecule has 2 aromatic rings. The van der Waals surface area contributed by atoms with Crippen LogP contribution in [0.5, 0.6) is 0 Å². The van der Waals surface area contributed by atoms with E-state index in [-0.39, 0.29) is 17.3 Å². The Balaban J connectivity index is 1.78.